The Morgan fingerprint density at radius 2 is 1.96 bits per heavy atom. The first-order valence-electron chi connectivity index (χ1n) is 9.38. The Hall–Kier alpha value is -1.36. The maximum atomic E-state index is 5.81. The second-order valence-corrected chi connectivity index (χ2v) is 6.93. The van der Waals surface area contributed by atoms with Crippen LogP contribution in [0.1, 0.15) is 44.0 Å². The van der Waals surface area contributed by atoms with Crippen molar-refractivity contribution >= 4 is 10.9 Å². The van der Waals surface area contributed by atoms with Crippen molar-refractivity contribution in [3.05, 3.63) is 35.5 Å². The number of para-hydroxylation sites is 1. The molecule has 1 aliphatic carbocycles. The quantitative estimate of drug-likeness (QED) is 0.818. The number of ether oxygens (including phenoxy) is 2. The van der Waals surface area contributed by atoms with Crippen molar-refractivity contribution in [3.63, 3.8) is 0 Å². The van der Waals surface area contributed by atoms with Crippen molar-refractivity contribution in [2.24, 2.45) is 5.92 Å². The third kappa shape index (κ3) is 2.77. The van der Waals surface area contributed by atoms with Crippen molar-refractivity contribution in [1.82, 2.24) is 9.88 Å². The number of aromatic amines is 1. The monoisotopic (exact) mass is 328 g/mol. The van der Waals surface area contributed by atoms with Crippen LogP contribution in [-0.2, 0) is 15.9 Å². The number of rotatable bonds is 6. The second-order valence-electron chi connectivity index (χ2n) is 6.93. The Morgan fingerprint density at radius 3 is 2.75 bits per heavy atom. The van der Waals surface area contributed by atoms with E-state index >= 15 is 0 Å². The standard InChI is InChI=1S/C20H28N2O2/c1-3-23-18(24-4-2)13-22-12-11-14-9-10-17-19(20(14)22)15-7-5-6-8-16(15)21-17/h5-8,14,18,20-21H,3-4,9-13H2,1-2H3/t14-,20+/m0/s1. The van der Waals surface area contributed by atoms with Gasteiger partial charge >= 0.3 is 0 Å². The largest absolute Gasteiger partial charge is 0.358 e. The lowest BCUT2D eigenvalue weighted by molar-refractivity contribution is -0.149. The molecule has 0 saturated carbocycles. The van der Waals surface area contributed by atoms with Crippen molar-refractivity contribution in [2.45, 2.75) is 45.4 Å². The second kappa shape index (κ2) is 6.87. The Bertz CT molecular complexity index is 690. The first-order chi connectivity index (χ1) is 11.8. The van der Waals surface area contributed by atoms with Crippen molar-refractivity contribution in [2.75, 3.05) is 26.3 Å². The fourth-order valence-corrected chi connectivity index (χ4v) is 4.65. The van der Waals surface area contributed by atoms with E-state index in [0.29, 0.717) is 19.3 Å². The molecule has 2 atom stereocenters. The minimum Gasteiger partial charge on any atom is -0.358 e. The predicted octanol–water partition coefficient (Wildman–Crippen LogP) is 3.88. The first-order valence-corrected chi connectivity index (χ1v) is 9.38. The fraction of sp³-hybridized carbons (Fsp3) is 0.600. The normalized spacial score (nSPS) is 23.8. The van der Waals surface area contributed by atoms with Gasteiger partial charge in [-0.1, -0.05) is 18.2 Å². The lowest BCUT2D eigenvalue weighted by Gasteiger charge is -2.34. The molecule has 4 rings (SSSR count). The van der Waals surface area contributed by atoms with Crippen LogP contribution in [0.3, 0.4) is 0 Å². The number of H-pyrrole nitrogens is 1. The smallest absolute Gasteiger partial charge is 0.170 e. The van der Waals surface area contributed by atoms with Gasteiger partial charge in [0.2, 0.25) is 0 Å². The number of fused-ring (bicyclic) bond motifs is 5. The number of likely N-dealkylation sites (tertiary alicyclic amines) is 1. The lowest BCUT2D eigenvalue weighted by atomic mass is 9.82. The molecule has 1 saturated heterocycles. The molecule has 0 radical (unpaired) electrons. The van der Waals surface area contributed by atoms with Crippen LogP contribution in [0.5, 0.6) is 0 Å². The zero-order valence-electron chi connectivity index (χ0n) is 14.8. The average Bonchev–Trinajstić information content (AvgIpc) is 3.16. The van der Waals surface area contributed by atoms with Crippen molar-refractivity contribution in [1.29, 1.82) is 0 Å². The molecule has 1 N–H and O–H groups in total. The zero-order valence-corrected chi connectivity index (χ0v) is 14.8. The molecule has 2 aliphatic rings. The summed E-state index contributed by atoms with van der Waals surface area (Å²) in [6.07, 6.45) is 3.64. The average molecular weight is 328 g/mol. The summed E-state index contributed by atoms with van der Waals surface area (Å²) in [7, 11) is 0. The molecule has 2 aromatic rings. The summed E-state index contributed by atoms with van der Waals surface area (Å²) in [5.74, 6) is 0.764. The molecule has 130 valence electrons. The van der Waals surface area contributed by atoms with Crippen LogP contribution in [0.4, 0.5) is 0 Å². The van der Waals surface area contributed by atoms with Crippen LogP contribution in [0.25, 0.3) is 10.9 Å². The van der Waals surface area contributed by atoms with Crippen LogP contribution in [-0.4, -0.2) is 42.5 Å². The highest BCUT2D eigenvalue weighted by Crippen LogP contribution is 2.47. The van der Waals surface area contributed by atoms with Gasteiger partial charge in [0.25, 0.3) is 0 Å². The molecule has 4 nitrogen and oxygen atoms in total. The van der Waals surface area contributed by atoms with Crippen LogP contribution < -0.4 is 0 Å². The summed E-state index contributed by atoms with van der Waals surface area (Å²) in [4.78, 5) is 6.26. The molecule has 1 aromatic heterocycles. The van der Waals surface area contributed by atoms with E-state index in [1.165, 1.54) is 41.4 Å². The van der Waals surface area contributed by atoms with Gasteiger partial charge in [-0.05, 0) is 57.2 Å². The third-order valence-electron chi connectivity index (χ3n) is 5.60. The van der Waals surface area contributed by atoms with E-state index < -0.39 is 0 Å². The van der Waals surface area contributed by atoms with Gasteiger partial charge in [-0.2, -0.15) is 0 Å². The topological polar surface area (TPSA) is 37.5 Å². The van der Waals surface area contributed by atoms with Gasteiger partial charge in [0, 0.05) is 35.9 Å². The highest BCUT2D eigenvalue weighted by Gasteiger charge is 2.41. The van der Waals surface area contributed by atoms with E-state index in [0.717, 1.165) is 19.0 Å². The summed E-state index contributed by atoms with van der Waals surface area (Å²) in [5, 5.41) is 1.40. The van der Waals surface area contributed by atoms with Crippen LogP contribution in [0.15, 0.2) is 24.3 Å². The molecule has 0 bridgehead atoms. The van der Waals surface area contributed by atoms with Gasteiger partial charge in [-0.25, -0.2) is 0 Å². The third-order valence-corrected chi connectivity index (χ3v) is 5.60. The molecule has 1 fully saturated rings. The van der Waals surface area contributed by atoms with E-state index in [9.17, 15) is 0 Å². The number of aryl methyl sites for hydroxylation is 1. The molecule has 4 heteroatoms. The van der Waals surface area contributed by atoms with E-state index in [1.54, 1.807) is 0 Å². The number of hydrogen-bond acceptors (Lipinski definition) is 3. The number of nitrogens with one attached hydrogen (secondary N) is 1. The number of nitrogens with zero attached hydrogens (tertiary/aromatic N) is 1. The Kier molecular flexibility index (Phi) is 4.61. The molecular formula is C20H28N2O2. The van der Waals surface area contributed by atoms with Crippen molar-refractivity contribution in [3.8, 4) is 0 Å². The molecule has 0 amide bonds. The highest BCUT2D eigenvalue weighted by molar-refractivity contribution is 5.85. The van der Waals surface area contributed by atoms with Crippen molar-refractivity contribution < 1.29 is 9.47 Å². The summed E-state index contributed by atoms with van der Waals surface area (Å²) >= 11 is 0. The Labute approximate surface area is 144 Å². The minimum absolute atomic E-state index is 0.116. The fourth-order valence-electron chi connectivity index (χ4n) is 4.65. The van der Waals surface area contributed by atoms with E-state index in [2.05, 4.69) is 34.1 Å². The first kappa shape index (κ1) is 16.1. The van der Waals surface area contributed by atoms with Gasteiger partial charge in [-0.15, -0.1) is 0 Å². The minimum atomic E-state index is -0.116. The number of hydrogen-bond donors (Lipinski definition) is 1. The maximum Gasteiger partial charge on any atom is 0.170 e. The van der Waals surface area contributed by atoms with Gasteiger partial charge < -0.3 is 14.5 Å². The maximum absolute atomic E-state index is 5.81. The van der Waals surface area contributed by atoms with Gasteiger partial charge in [-0.3, -0.25) is 4.90 Å². The predicted molar refractivity (Wildman–Crippen MR) is 96.1 cm³/mol. The van der Waals surface area contributed by atoms with Gasteiger partial charge in [0.1, 0.15) is 0 Å². The van der Waals surface area contributed by atoms with Crippen LogP contribution in [0.2, 0.25) is 0 Å². The Balaban J connectivity index is 1.65. The molecule has 1 aromatic carbocycles. The van der Waals surface area contributed by atoms with Gasteiger partial charge in [0.05, 0.1) is 6.54 Å². The zero-order chi connectivity index (χ0) is 16.5. The van der Waals surface area contributed by atoms with E-state index in [1.807, 2.05) is 13.8 Å². The Morgan fingerprint density at radius 1 is 1.17 bits per heavy atom. The molecule has 0 spiro atoms. The summed E-state index contributed by atoms with van der Waals surface area (Å²) < 4.78 is 11.6. The summed E-state index contributed by atoms with van der Waals surface area (Å²) in [6, 6.07) is 9.25. The number of aromatic nitrogens is 1. The van der Waals surface area contributed by atoms with E-state index in [4.69, 9.17) is 9.47 Å². The van der Waals surface area contributed by atoms with E-state index in [-0.39, 0.29) is 6.29 Å². The lowest BCUT2D eigenvalue weighted by Crippen LogP contribution is -2.37. The highest BCUT2D eigenvalue weighted by atomic mass is 16.7. The molecule has 2 heterocycles. The molecule has 24 heavy (non-hydrogen) atoms. The molecule has 1 aliphatic heterocycles. The van der Waals surface area contributed by atoms with Crippen LogP contribution >= 0.6 is 0 Å². The molecular weight excluding hydrogens is 300 g/mol. The van der Waals surface area contributed by atoms with Crippen LogP contribution in [0, 0.1) is 5.92 Å². The SMILES string of the molecule is CCOC(CN1CC[C@@H]2CCc3[nH]c4ccccc4c3[C@@H]21)OCC. The molecule has 0 unspecified atom stereocenters. The van der Waals surface area contributed by atoms with Gasteiger partial charge in [0.15, 0.2) is 6.29 Å². The summed E-state index contributed by atoms with van der Waals surface area (Å²) in [5.41, 5.74) is 4.25. The summed E-state index contributed by atoms with van der Waals surface area (Å²) in [6.45, 7) is 7.48. The number of benzene rings is 1.